The molecule has 10 heteroatoms. The van der Waals surface area contributed by atoms with Crippen LogP contribution in [-0.2, 0) is 4.74 Å². The Kier molecular flexibility index (Phi) is 5.36. The van der Waals surface area contributed by atoms with Gasteiger partial charge in [-0.1, -0.05) is 23.5 Å². The van der Waals surface area contributed by atoms with Crippen LogP contribution < -0.4 is 4.74 Å². The number of hydrogen-bond acceptors (Lipinski definition) is 9. The number of benzene rings is 2. The summed E-state index contributed by atoms with van der Waals surface area (Å²) in [4.78, 5) is 14.7. The number of amides is 1. The largest absolute Gasteiger partial charge is 0.505 e. The molecule has 1 fully saturated rings. The lowest BCUT2D eigenvalue weighted by molar-refractivity contribution is 0.0301. The lowest BCUT2D eigenvalue weighted by Gasteiger charge is -2.27. The van der Waals surface area contributed by atoms with Crippen molar-refractivity contribution in [3.05, 3.63) is 34.8 Å². The van der Waals surface area contributed by atoms with Crippen molar-refractivity contribution in [3.8, 4) is 11.5 Å². The Balaban J connectivity index is 1.86. The number of ether oxygens (including phenoxy) is 2. The Hall–Kier alpha value is -3.11. The molecule has 150 valence electrons. The van der Waals surface area contributed by atoms with Gasteiger partial charge >= 0.3 is 0 Å². The van der Waals surface area contributed by atoms with E-state index in [0.29, 0.717) is 48.0 Å². The van der Waals surface area contributed by atoms with E-state index in [9.17, 15) is 9.90 Å². The zero-order valence-electron chi connectivity index (χ0n) is 16.0. The average molecular weight is 413 g/mol. The molecule has 1 saturated heterocycles. The number of phenols is 1. The molecule has 1 amide bonds. The summed E-state index contributed by atoms with van der Waals surface area (Å²) in [6.07, 6.45) is 0. The zero-order valence-corrected chi connectivity index (χ0v) is 16.8. The lowest BCUT2D eigenvalue weighted by Crippen LogP contribution is -2.40. The standard InChI is InChI=1S/C19H19N5O4S/c1-11-20-22-19(29-11)23-21-16-15-12(4-3-5-14(15)27-2)10-13(17(16)25)18(26)24-6-8-28-9-7-24/h3-5,10,25H,6-9H2,1-2H3. The number of fused-ring (bicyclic) bond motifs is 1. The van der Waals surface area contributed by atoms with Gasteiger partial charge in [0.25, 0.3) is 11.0 Å². The SMILES string of the molecule is COc1cccc2cc(C(=O)N3CCOCC3)c(O)c(N=Nc3nnc(C)s3)c12. The summed E-state index contributed by atoms with van der Waals surface area (Å²) in [5.74, 6) is -0.00669. The van der Waals surface area contributed by atoms with E-state index in [1.165, 1.54) is 18.4 Å². The predicted molar refractivity (Wildman–Crippen MR) is 108 cm³/mol. The molecule has 1 aliphatic heterocycles. The minimum Gasteiger partial charge on any atom is -0.505 e. The van der Waals surface area contributed by atoms with Gasteiger partial charge in [-0.3, -0.25) is 4.79 Å². The van der Waals surface area contributed by atoms with E-state index in [2.05, 4.69) is 20.4 Å². The van der Waals surface area contributed by atoms with E-state index in [1.54, 1.807) is 17.0 Å². The fourth-order valence-corrected chi connectivity index (χ4v) is 3.69. The van der Waals surface area contributed by atoms with Crippen molar-refractivity contribution in [3.63, 3.8) is 0 Å². The second-order valence-electron chi connectivity index (χ2n) is 6.39. The molecule has 0 bridgehead atoms. The number of methoxy groups -OCH3 is 1. The average Bonchev–Trinajstić information content (AvgIpc) is 3.17. The van der Waals surface area contributed by atoms with Crippen molar-refractivity contribution >= 4 is 38.8 Å². The molecular weight excluding hydrogens is 394 g/mol. The number of carbonyl (C=O) groups excluding carboxylic acids is 1. The van der Waals surface area contributed by atoms with Crippen molar-refractivity contribution < 1.29 is 19.4 Å². The Bertz CT molecular complexity index is 1090. The maximum absolute atomic E-state index is 13.0. The maximum Gasteiger partial charge on any atom is 0.257 e. The van der Waals surface area contributed by atoms with Crippen LogP contribution in [0.2, 0.25) is 0 Å². The highest BCUT2D eigenvalue weighted by Gasteiger charge is 2.25. The third kappa shape index (κ3) is 3.76. The van der Waals surface area contributed by atoms with Gasteiger partial charge in [0.05, 0.1) is 31.3 Å². The van der Waals surface area contributed by atoms with E-state index in [-0.39, 0.29) is 22.9 Å². The molecule has 1 aromatic heterocycles. The van der Waals surface area contributed by atoms with Crippen molar-refractivity contribution in [2.24, 2.45) is 10.2 Å². The molecule has 2 heterocycles. The third-order valence-corrected chi connectivity index (χ3v) is 5.30. The number of aryl methyl sites for hydroxylation is 1. The van der Waals surface area contributed by atoms with E-state index in [4.69, 9.17) is 9.47 Å². The monoisotopic (exact) mass is 413 g/mol. The molecule has 1 aliphatic rings. The lowest BCUT2D eigenvalue weighted by atomic mass is 10.0. The van der Waals surface area contributed by atoms with Crippen molar-refractivity contribution in [2.45, 2.75) is 6.92 Å². The molecular formula is C19H19N5O4S. The van der Waals surface area contributed by atoms with Crippen LogP contribution in [0.5, 0.6) is 11.5 Å². The van der Waals surface area contributed by atoms with Crippen LogP contribution in [0.3, 0.4) is 0 Å². The Labute approximate surface area is 170 Å². The van der Waals surface area contributed by atoms with Crippen LogP contribution in [0.1, 0.15) is 15.4 Å². The smallest absolute Gasteiger partial charge is 0.257 e. The molecule has 3 aromatic rings. The summed E-state index contributed by atoms with van der Waals surface area (Å²) in [6, 6.07) is 7.07. The number of morpholine rings is 1. The van der Waals surface area contributed by atoms with Crippen LogP contribution in [0, 0.1) is 6.92 Å². The van der Waals surface area contributed by atoms with Crippen LogP contribution >= 0.6 is 11.3 Å². The molecule has 0 unspecified atom stereocenters. The minimum absolute atomic E-state index is 0.157. The van der Waals surface area contributed by atoms with Crippen LogP contribution in [0.25, 0.3) is 10.8 Å². The maximum atomic E-state index is 13.0. The highest BCUT2D eigenvalue weighted by molar-refractivity contribution is 7.14. The van der Waals surface area contributed by atoms with Gasteiger partial charge in [0.15, 0.2) is 5.75 Å². The number of aromatic hydroxyl groups is 1. The van der Waals surface area contributed by atoms with Gasteiger partial charge in [0.1, 0.15) is 16.4 Å². The van der Waals surface area contributed by atoms with Crippen molar-refractivity contribution in [2.75, 3.05) is 33.4 Å². The Morgan fingerprint density at radius 1 is 1.28 bits per heavy atom. The highest BCUT2D eigenvalue weighted by atomic mass is 32.1. The quantitative estimate of drug-likeness (QED) is 0.655. The van der Waals surface area contributed by atoms with E-state index in [1.807, 2.05) is 19.1 Å². The van der Waals surface area contributed by atoms with Gasteiger partial charge in [-0.05, 0) is 24.4 Å². The molecule has 0 spiro atoms. The summed E-state index contributed by atoms with van der Waals surface area (Å²) in [5.41, 5.74) is 0.319. The first-order valence-electron chi connectivity index (χ1n) is 9.00. The first kappa shape index (κ1) is 19.2. The fraction of sp³-hybridized carbons (Fsp3) is 0.316. The normalized spacial score (nSPS) is 14.6. The summed E-state index contributed by atoms with van der Waals surface area (Å²) >= 11 is 1.28. The van der Waals surface area contributed by atoms with E-state index >= 15 is 0 Å². The molecule has 4 rings (SSSR count). The second kappa shape index (κ2) is 8.10. The van der Waals surface area contributed by atoms with Gasteiger partial charge in [0.2, 0.25) is 0 Å². The number of nitrogens with zero attached hydrogens (tertiary/aromatic N) is 5. The van der Waals surface area contributed by atoms with Gasteiger partial charge in [-0.15, -0.1) is 20.4 Å². The summed E-state index contributed by atoms with van der Waals surface area (Å²) in [6.45, 7) is 3.69. The zero-order chi connectivity index (χ0) is 20.4. The summed E-state index contributed by atoms with van der Waals surface area (Å²) in [5, 5.41) is 29.5. The number of phenolic OH excluding ortho intramolecular Hbond substituents is 1. The molecule has 9 nitrogen and oxygen atoms in total. The predicted octanol–water partition coefficient (Wildman–Crippen LogP) is 3.60. The van der Waals surface area contributed by atoms with E-state index < -0.39 is 0 Å². The van der Waals surface area contributed by atoms with Gasteiger partial charge in [0, 0.05) is 13.1 Å². The molecule has 0 aliphatic carbocycles. The van der Waals surface area contributed by atoms with Crippen LogP contribution in [-0.4, -0.2) is 59.5 Å². The number of rotatable bonds is 4. The molecule has 1 N–H and O–H groups in total. The molecule has 0 saturated carbocycles. The Morgan fingerprint density at radius 3 is 2.76 bits per heavy atom. The molecule has 0 radical (unpaired) electrons. The topological polar surface area (TPSA) is 110 Å². The van der Waals surface area contributed by atoms with Crippen LogP contribution in [0.15, 0.2) is 34.5 Å². The number of hydrogen-bond donors (Lipinski definition) is 1. The van der Waals surface area contributed by atoms with E-state index in [0.717, 1.165) is 5.01 Å². The highest BCUT2D eigenvalue weighted by Crippen LogP contribution is 2.44. The third-order valence-electron chi connectivity index (χ3n) is 4.57. The number of carbonyl (C=O) groups is 1. The Morgan fingerprint density at radius 2 is 2.07 bits per heavy atom. The number of aromatic nitrogens is 2. The molecule has 2 aromatic carbocycles. The van der Waals surface area contributed by atoms with Crippen molar-refractivity contribution in [1.82, 2.24) is 15.1 Å². The summed E-state index contributed by atoms with van der Waals surface area (Å²) < 4.78 is 10.8. The van der Waals surface area contributed by atoms with Crippen molar-refractivity contribution in [1.29, 1.82) is 0 Å². The fourth-order valence-electron chi connectivity index (χ4n) is 3.18. The van der Waals surface area contributed by atoms with Gasteiger partial charge in [-0.2, -0.15) is 0 Å². The first-order valence-corrected chi connectivity index (χ1v) is 9.81. The first-order chi connectivity index (χ1) is 14.1. The number of azo groups is 1. The molecule has 29 heavy (non-hydrogen) atoms. The minimum atomic E-state index is -0.279. The van der Waals surface area contributed by atoms with Gasteiger partial charge in [-0.25, -0.2) is 0 Å². The van der Waals surface area contributed by atoms with Gasteiger partial charge < -0.3 is 19.5 Å². The van der Waals surface area contributed by atoms with Crippen LogP contribution in [0.4, 0.5) is 10.8 Å². The second-order valence-corrected chi connectivity index (χ2v) is 7.55. The summed E-state index contributed by atoms with van der Waals surface area (Å²) in [7, 11) is 1.54. The molecule has 0 atom stereocenters.